The number of fused-ring (bicyclic) bond motifs is 2. The summed E-state index contributed by atoms with van der Waals surface area (Å²) < 4.78 is 21.6. The van der Waals surface area contributed by atoms with Crippen molar-refractivity contribution in [1.82, 2.24) is 15.1 Å². The third kappa shape index (κ3) is 5.71. The monoisotopic (exact) mass is 630 g/mol. The molecule has 3 aromatic rings. The van der Waals surface area contributed by atoms with E-state index in [0.29, 0.717) is 52.5 Å². The molecular weight excluding hydrogens is 587 g/mol. The number of nitrogens with zero attached hydrogens (tertiary/aromatic N) is 4. The number of nitrogen functional groups attached to an aromatic ring is 1. The van der Waals surface area contributed by atoms with Gasteiger partial charge in [-0.1, -0.05) is 32.8 Å². The number of amides is 1. The number of aliphatic imine (C=N–C) groups is 1. The lowest BCUT2D eigenvalue weighted by atomic mass is 9.85. The maximum Gasteiger partial charge on any atom is 0.244 e. The molecule has 0 spiro atoms. The number of aryl methyl sites for hydroxylation is 1. The van der Waals surface area contributed by atoms with Crippen LogP contribution in [0.1, 0.15) is 80.7 Å². The number of halogens is 1. The standard InChI is InChI=1S/C35H43FN6O2S/c1-5-8-22-15-24(34(40-29-9-7-13-41(4)35(29)43)39-19-42-14-12-21(6-2)20(42)3)26-17-44-18-27(26)30(22)23-10-11-28(36)32-31(23)25(16-37)33(38)45-32/h10-11,15,20-21,29H,5-9,12-14,17-19,38H2,1-4H3,(H,39,40). The second kappa shape index (κ2) is 13.1. The number of anilines is 1. The molecule has 0 radical (unpaired) electrons. The Morgan fingerprint density at radius 2 is 2.04 bits per heavy atom. The Bertz CT molecular complexity index is 1690. The largest absolute Gasteiger partial charge is 0.389 e. The summed E-state index contributed by atoms with van der Waals surface area (Å²) in [4.78, 5) is 22.7. The van der Waals surface area contributed by atoms with Gasteiger partial charge in [0.1, 0.15) is 28.8 Å². The van der Waals surface area contributed by atoms with E-state index in [9.17, 15) is 10.1 Å². The van der Waals surface area contributed by atoms with Crippen molar-refractivity contribution < 1.29 is 13.9 Å². The topological polar surface area (TPSA) is 107 Å². The van der Waals surface area contributed by atoms with Crippen LogP contribution in [0.3, 0.4) is 0 Å². The molecule has 3 aliphatic heterocycles. The number of rotatable bonds is 8. The number of hydrogen-bond donors (Lipinski definition) is 2. The first-order chi connectivity index (χ1) is 21.8. The number of carbonyl (C=O) groups excluding carboxylic acids is 1. The predicted molar refractivity (Wildman–Crippen MR) is 179 cm³/mol. The maximum atomic E-state index is 15.0. The number of amidine groups is 1. The summed E-state index contributed by atoms with van der Waals surface area (Å²) in [6, 6.07) is 7.77. The fraction of sp³-hybridized carbons (Fsp3) is 0.514. The van der Waals surface area contributed by atoms with Crippen LogP contribution in [0.15, 0.2) is 23.2 Å². The van der Waals surface area contributed by atoms with E-state index in [4.69, 9.17) is 15.5 Å². The average molecular weight is 631 g/mol. The molecule has 2 fully saturated rings. The molecule has 1 amide bonds. The molecule has 3 N–H and O–H groups in total. The van der Waals surface area contributed by atoms with Crippen LogP contribution in [0.25, 0.3) is 21.2 Å². The van der Waals surface area contributed by atoms with Crippen molar-refractivity contribution >= 4 is 38.2 Å². The number of ether oxygens (including phenoxy) is 1. The lowest BCUT2D eigenvalue weighted by Crippen LogP contribution is -2.51. The molecule has 10 heteroatoms. The van der Waals surface area contributed by atoms with E-state index in [1.54, 1.807) is 11.0 Å². The van der Waals surface area contributed by atoms with Crippen LogP contribution in [0, 0.1) is 23.1 Å². The van der Waals surface area contributed by atoms with E-state index in [1.807, 2.05) is 7.05 Å². The number of benzene rings is 2. The predicted octanol–water partition coefficient (Wildman–Crippen LogP) is 6.18. The molecule has 6 rings (SSSR count). The van der Waals surface area contributed by atoms with Gasteiger partial charge in [-0.3, -0.25) is 14.7 Å². The molecule has 4 heterocycles. The highest BCUT2D eigenvalue weighted by Crippen LogP contribution is 2.45. The molecule has 0 saturated carbocycles. The van der Waals surface area contributed by atoms with Crippen molar-refractivity contribution in [1.29, 1.82) is 5.26 Å². The number of likely N-dealkylation sites (N-methyl/N-ethyl adjacent to an activating group) is 1. The third-order valence-electron chi connectivity index (χ3n) is 10.0. The Kier molecular flexibility index (Phi) is 9.14. The van der Waals surface area contributed by atoms with Gasteiger partial charge in [0.2, 0.25) is 5.91 Å². The number of likely N-dealkylation sites (tertiary alicyclic amines) is 2. The average Bonchev–Trinajstić information content (AvgIpc) is 3.75. The van der Waals surface area contributed by atoms with Gasteiger partial charge in [-0.15, -0.1) is 11.3 Å². The lowest BCUT2D eigenvalue weighted by molar-refractivity contribution is -0.133. The summed E-state index contributed by atoms with van der Waals surface area (Å²) in [5.41, 5.74) is 12.4. The lowest BCUT2D eigenvalue weighted by Gasteiger charge is -2.31. The minimum atomic E-state index is -0.379. The van der Waals surface area contributed by atoms with Gasteiger partial charge >= 0.3 is 0 Å². The molecule has 3 aliphatic rings. The number of nitrogens with one attached hydrogen (secondary N) is 1. The molecule has 238 valence electrons. The zero-order valence-electron chi connectivity index (χ0n) is 26.7. The molecule has 1 aromatic heterocycles. The molecule has 2 aromatic carbocycles. The van der Waals surface area contributed by atoms with Gasteiger partial charge in [0.05, 0.1) is 30.1 Å². The molecule has 2 saturated heterocycles. The van der Waals surface area contributed by atoms with Crippen LogP contribution in [-0.2, 0) is 29.2 Å². The van der Waals surface area contributed by atoms with Crippen LogP contribution >= 0.6 is 11.3 Å². The second-order valence-corrected chi connectivity index (χ2v) is 13.7. The molecule has 8 nitrogen and oxygen atoms in total. The van der Waals surface area contributed by atoms with Crippen molar-refractivity contribution in [3.8, 4) is 17.2 Å². The van der Waals surface area contributed by atoms with Crippen molar-refractivity contribution in [3.63, 3.8) is 0 Å². The van der Waals surface area contributed by atoms with Crippen LogP contribution in [0.4, 0.5) is 9.39 Å². The van der Waals surface area contributed by atoms with Crippen LogP contribution in [0.5, 0.6) is 0 Å². The van der Waals surface area contributed by atoms with E-state index in [0.717, 1.165) is 95.7 Å². The number of hydrogen-bond acceptors (Lipinski definition) is 7. The summed E-state index contributed by atoms with van der Waals surface area (Å²) >= 11 is 1.12. The van der Waals surface area contributed by atoms with Gasteiger partial charge < -0.3 is 20.7 Å². The van der Waals surface area contributed by atoms with E-state index in [2.05, 4.69) is 43.1 Å². The Balaban J connectivity index is 1.51. The fourth-order valence-electron chi connectivity index (χ4n) is 7.46. The Hall–Kier alpha value is -3.52. The van der Waals surface area contributed by atoms with Gasteiger partial charge in [0, 0.05) is 37.1 Å². The minimum Gasteiger partial charge on any atom is -0.389 e. The third-order valence-corrected chi connectivity index (χ3v) is 11.1. The van der Waals surface area contributed by atoms with Crippen molar-refractivity contribution in [2.24, 2.45) is 10.9 Å². The number of nitriles is 1. The first kappa shape index (κ1) is 31.5. The van der Waals surface area contributed by atoms with Crippen molar-refractivity contribution in [2.45, 2.75) is 84.6 Å². The first-order valence-electron chi connectivity index (χ1n) is 16.2. The second-order valence-electron chi connectivity index (χ2n) is 12.7. The summed E-state index contributed by atoms with van der Waals surface area (Å²) in [6.45, 7) is 9.81. The number of carbonyl (C=O) groups is 1. The van der Waals surface area contributed by atoms with Crippen LogP contribution in [0.2, 0.25) is 0 Å². The highest BCUT2D eigenvalue weighted by atomic mass is 32.1. The van der Waals surface area contributed by atoms with E-state index < -0.39 is 0 Å². The molecule has 0 aliphatic carbocycles. The fourth-order valence-corrected chi connectivity index (χ4v) is 8.41. The summed E-state index contributed by atoms with van der Waals surface area (Å²) in [5.74, 6) is 1.09. The van der Waals surface area contributed by atoms with Gasteiger partial charge in [-0.25, -0.2) is 4.39 Å². The maximum absolute atomic E-state index is 15.0. The summed E-state index contributed by atoms with van der Waals surface area (Å²) in [5, 5.41) is 14.5. The smallest absolute Gasteiger partial charge is 0.244 e. The van der Waals surface area contributed by atoms with Gasteiger partial charge in [-0.2, -0.15) is 5.26 Å². The molecule has 3 atom stereocenters. The van der Waals surface area contributed by atoms with E-state index >= 15 is 4.39 Å². The highest BCUT2D eigenvalue weighted by Gasteiger charge is 2.33. The van der Waals surface area contributed by atoms with Gasteiger partial charge in [-0.05, 0) is 78.5 Å². The highest BCUT2D eigenvalue weighted by molar-refractivity contribution is 7.23. The first-order valence-corrected chi connectivity index (χ1v) is 17.1. The minimum absolute atomic E-state index is 0.0839. The Morgan fingerprint density at radius 3 is 2.78 bits per heavy atom. The number of piperidine rings is 1. The SMILES string of the molecule is CCCc1cc(/C(=N\CN2CCC(CC)C2C)NC2CCCN(C)C2=O)c2c(c1-c1ccc(F)c3sc(N)c(C#N)c13)COC2. The number of nitrogens with two attached hydrogens (primary N) is 1. The van der Waals surface area contributed by atoms with Crippen molar-refractivity contribution in [3.05, 3.63) is 51.8 Å². The Labute approximate surface area is 269 Å². The number of thiophene rings is 1. The quantitative estimate of drug-likeness (QED) is 0.228. The summed E-state index contributed by atoms with van der Waals surface area (Å²) in [7, 11) is 1.86. The normalized spacial score (nSPS) is 22.3. The zero-order valence-corrected chi connectivity index (χ0v) is 27.5. The van der Waals surface area contributed by atoms with Gasteiger partial charge in [0.25, 0.3) is 0 Å². The van der Waals surface area contributed by atoms with Crippen molar-refractivity contribution in [2.75, 3.05) is 32.5 Å². The molecule has 3 unspecified atom stereocenters. The van der Waals surface area contributed by atoms with Crippen LogP contribution < -0.4 is 11.1 Å². The summed E-state index contributed by atoms with van der Waals surface area (Å²) in [6.07, 6.45) is 5.68. The van der Waals surface area contributed by atoms with E-state index in [1.165, 1.54) is 12.5 Å². The van der Waals surface area contributed by atoms with Crippen LogP contribution in [-0.4, -0.2) is 60.4 Å². The zero-order chi connectivity index (χ0) is 31.8. The molecular formula is C35H43FN6O2S. The van der Waals surface area contributed by atoms with Gasteiger partial charge in [0.15, 0.2) is 0 Å². The Morgan fingerprint density at radius 1 is 1.24 bits per heavy atom. The van der Waals surface area contributed by atoms with E-state index in [-0.39, 0.29) is 17.8 Å². The molecule has 45 heavy (non-hydrogen) atoms. The molecule has 0 bridgehead atoms.